The van der Waals surface area contributed by atoms with E-state index in [9.17, 15) is 25.2 Å². The summed E-state index contributed by atoms with van der Waals surface area (Å²) in [6.45, 7) is 4.04. The maximum Gasteiger partial charge on any atom is 0.249 e. The maximum atomic E-state index is 12.6. The molecule has 0 aliphatic heterocycles. The van der Waals surface area contributed by atoms with Gasteiger partial charge in [0.2, 0.25) is 5.91 Å². The van der Waals surface area contributed by atoms with Gasteiger partial charge in [0.25, 0.3) is 0 Å². The molecule has 0 saturated carbocycles. The first-order valence-electron chi connectivity index (χ1n) is 26.4. The van der Waals surface area contributed by atoms with Crippen molar-refractivity contribution in [3.05, 3.63) is 36.5 Å². The van der Waals surface area contributed by atoms with Crippen LogP contribution in [0, 0.1) is 0 Å². The Bertz CT molecular complexity index is 950. The molecule has 0 heterocycles. The number of aliphatic hydroxyl groups is 4. The molecule has 5 N–H and O–H groups in total. The first-order valence-corrected chi connectivity index (χ1v) is 26.4. The van der Waals surface area contributed by atoms with Crippen LogP contribution in [0.2, 0.25) is 0 Å². The number of allylic oxidation sites excluding steroid dienone is 6. The summed E-state index contributed by atoms with van der Waals surface area (Å²) in [5, 5.41) is 43.8. The van der Waals surface area contributed by atoms with Gasteiger partial charge >= 0.3 is 0 Å². The van der Waals surface area contributed by atoms with E-state index in [-0.39, 0.29) is 0 Å². The van der Waals surface area contributed by atoms with Gasteiger partial charge in [0.05, 0.1) is 18.8 Å². The SMILES string of the molecule is CCCCCC/C=C/CC/C=C/CC/C=C/CCCC(O)C(O)C(CO)NC(=O)C(O)CCCCCCCCCCCCCCCCCCCCCCCCCCCCC. The molecule has 0 aromatic rings. The molecule has 0 aromatic carbocycles. The van der Waals surface area contributed by atoms with Crippen LogP contribution < -0.4 is 5.32 Å². The van der Waals surface area contributed by atoms with Crippen LogP contribution in [0.5, 0.6) is 0 Å². The molecule has 60 heavy (non-hydrogen) atoms. The Morgan fingerprint density at radius 3 is 1.05 bits per heavy atom. The van der Waals surface area contributed by atoms with E-state index in [0.717, 1.165) is 51.4 Å². The van der Waals surface area contributed by atoms with Gasteiger partial charge in [0, 0.05) is 0 Å². The summed E-state index contributed by atoms with van der Waals surface area (Å²) in [6.07, 6.45) is 59.2. The molecule has 0 bridgehead atoms. The highest BCUT2D eigenvalue weighted by molar-refractivity contribution is 5.80. The molecule has 0 aliphatic rings. The number of hydrogen-bond acceptors (Lipinski definition) is 5. The molecule has 0 rings (SSSR count). The largest absolute Gasteiger partial charge is 0.394 e. The van der Waals surface area contributed by atoms with E-state index in [1.807, 2.05) is 0 Å². The van der Waals surface area contributed by atoms with E-state index in [0.29, 0.717) is 19.3 Å². The number of amides is 1. The third-order valence-corrected chi connectivity index (χ3v) is 12.3. The Balaban J connectivity index is 3.66. The smallest absolute Gasteiger partial charge is 0.249 e. The molecule has 6 nitrogen and oxygen atoms in total. The molecule has 0 aliphatic carbocycles. The molecule has 4 atom stereocenters. The highest BCUT2D eigenvalue weighted by Gasteiger charge is 2.28. The van der Waals surface area contributed by atoms with E-state index in [1.165, 1.54) is 186 Å². The van der Waals surface area contributed by atoms with Gasteiger partial charge in [0.15, 0.2) is 0 Å². The summed E-state index contributed by atoms with van der Waals surface area (Å²) in [6, 6.07) is -1.01. The predicted octanol–water partition coefficient (Wildman–Crippen LogP) is 14.9. The standard InChI is InChI=1S/C54H103NO5/c1-3-5-7-9-11-13-15-17-19-21-22-23-24-25-26-27-28-29-30-32-34-36-38-40-42-44-46-48-52(58)54(60)55-50(49-56)53(59)51(57)47-45-43-41-39-37-35-33-31-20-18-16-14-12-10-8-6-4-2/h14,16,31,33,39,41,50-53,56-59H,3-13,15,17-30,32,34-38,40,42-49H2,1-2H3,(H,55,60)/b16-14+,33-31+,41-39+. The molecule has 4 unspecified atom stereocenters. The van der Waals surface area contributed by atoms with E-state index < -0.39 is 36.9 Å². The predicted molar refractivity (Wildman–Crippen MR) is 260 cm³/mol. The summed E-state index contributed by atoms with van der Waals surface area (Å²) in [5.41, 5.74) is 0. The molecule has 0 saturated heterocycles. The molecule has 6 heteroatoms. The van der Waals surface area contributed by atoms with Crippen molar-refractivity contribution in [2.24, 2.45) is 0 Å². The van der Waals surface area contributed by atoms with Crippen LogP contribution in [0.3, 0.4) is 0 Å². The highest BCUT2D eigenvalue weighted by atomic mass is 16.3. The number of rotatable bonds is 48. The zero-order valence-corrected chi connectivity index (χ0v) is 40.0. The van der Waals surface area contributed by atoms with Crippen molar-refractivity contribution >= 4 is 5.91 Å². The Labute approximate surface area is 373 Å². The van der Waals surface area contributed by atoms with Crippen molar-refractivity contribution in [3.8, 4) is 0 Å². The number of hydrogen-bond donors (Lipinski definition) is 5. The van der Waals surface area contributed by atoms with Crippen LogP contribution in [0.1, 0.15) is 271 Å². The van der Waals surface area contributed by atoms with Crippen LogP contribution in [-0.2, 0) is 4.79 Å². The van der Waals surface area contributed by atoms with Crippen molar-refractivity contribution in [2.75, 3.05) is 6.61 Å². The van der Waals surface area contributed by atoms with Crippen LogP contribution in [0.25, 0.3) is 0 Å². The van der Waals surface area contributed by atoms with Crippen molar-refractivity contribution < 1.29 is 25.2 Å². The van der Waals surface area contributed by atoms with Crippen molar-refractivity contribution in [1.29, 1.82) is 0 Å². The number of carbonyl (C=O) groups excluding carboxylic acids is 1. The fourth-order valence-corrected chi connectivity index (χ4v) is 8.14. The number of nitrogens with one attached hydrogen (secondary N) is 1. The van der Waals surface area contributed by atoms with Crippen LogP contribution in [-0.4, -0.2) is 57.3 Å². The molecular weight excluding hydrogens is 743 g/mol. The van der Waals surface area contributed by atoms with Crippen LogP contribution in [0.15, 0.2) is 36.5 Å². The third kappa shape index (κ3) is 41.9. The molecule has 0 fully saturated rings. The molecule has 0 aromatic heterocycles. The van der Waals surface area contributed by atoms with Gasteiger partial charge in [-0.05, 0) is 64.2 Å². The topological polar surface area (TPSA) is 110 Å². The minimum absolute atomic E-state index is 0.362. The van der Waals surface area contributed by atoms with E-state index in [2.05, 4.69) is 55.6 Å². The lowest BCUT2D eigenvalue weighted by atomic mass is 10.00. The van der Waals surface area contributed by atoms with Gasteiger partial charge in [-0.2, -0.15) is 0 Å². The summed E-state index contributed by atoms with van der Waals surface area (Å²) in [5.74, 6) is -0.596. The van der Waals surface area contributed by atoms with Gasteiger partial charge in [-0.1, -0.05) is 243 Å². The lowest BCUT2D eigenvalue weighted by Gasteiger charge is -2.27. The number of unbranched alkanes of at least 4 members (excludes halogenated alkanes) is 33. The lowest BCUT2D eigenvalue weighted by Crippen LogP contribution is -2.53. The molecule has 1 amide bonds. The van der Waals surface area contributed by atoms with E-state index in [4.69, 9.17) is 0 Å². The normalized spacial score (nSPS) is 14.2. The quantitative estimate of drug-likeness (QED) is 0.0309. The Morgan fingerprint density at radius 2 is 0.700 bits per heavy atom. The second-order valence-electron chi connectivity index (χ2n) is 18.2. The van der Waals surface area contributed by atoms with E-state index in [1.54, 1.807) is 0 Å². The average molecular weight is 846 g/mol. The highest BCUT2D eigenvalue weighted by Crippen LogP contribution is 2.17. The molecule has 0 radical (unpaired) electrons. The van der Waals surface area contributed by atoms with Crippen molar-refractivity contribution in [1.82, 2.24) is 5.32 Å². The molecule has 354 valence electrons. The van der Waals surface area contributed by atoms with Gasteiger partial charge in [-0.25, -0.2) is 0 Å². The second-order valence-corrected chi connectivity index (χ2v) is 18.2. The Hall–Kier alpha value is -1.47. The van der Waals surface area contributed by atoms with Gasteiger partial charge in [0.1, 0.15) is 12.2 Å². The van der Waals surface area contributed by atoms with Crippen molar-refractivity contribution in [2.45, 2.75) is 295 Å². The zero-order valence-electron chi connectivity index (χ0n) is 40.0. The molecular formula is C54H103NO5. The van der Waals surface area contributed by atoms with Gasteiger partial charge < -0.3 is 25.7 Å². The first kappa shape index (κ1) is 58.5. The minimum atomic E-state index is -1.29. The summed E-state index contributed by atoms with van der Waals surface area (Å²) in [7, 11) is 0. The zero-order chi connectivity index (χ0) is 43.8. The summed E-state index contributed by atoms with van der Waals surface area (Å²) >= 11 is 0. The Kier molecular flexibility index (Phi) is 47.4. The van der Waals surface area contributed by atoms with Gasteiger partial charge in [-0.15, -0.1) is 0 Å². The molecule has 0 spiro atoms. The van der Waals surface area contributed by atoms with E-state index >= 15 is 0 Å². The minimum Gasteiger partial charge on any atom is -0.394 e. The number of carbonyl (C=O) groups is 1. The fraction of sp³-hybridized carbons (Fsp3) is 0.870. The number of aliphatic hydroxyl groups excluding tert-OH is 4. The summed E-state index contributed by atoms with van der Waals surface area (Å²) in [4.78, 5) is 12.6. The van der Waals surface area contributed by atoms with Gasteiger partial charge in [-0.3, -0.25) is 4.79 Å². The summed E-state index contributed by atoms with van der Waals surface area (Å²) < 4.78 is 0. The Morgan fingerprint density at radius 1 is 0.400 bits per heavy atom. The monoisotopic (exact) mass is 846 g/mol. The maximum absolute atomic E-state index is 12.6. The first-order chi connectivity index (χ1) is 29.5. The van der Waals surface area contributed by atoms with Crippen molar-refractivity contribution in [3.63, 3.8) is 0 Å². The second kappa shape index (κ2) is 48.6. The fourth-order valence-electron chi connectivity index (χ4n) is 8.14. The average Bonchev–Trinajstić information content (AvgIpc) is 3.25. The third-order valence-electron chi connectivity index (χ3n) is 12.3. The van der Waals surface area contributed by atoms with Crippen LogP contribution in [0.4, 0.5) is 0 Å². The lowest BCUT2D eigenvalue weighted by molar-refractivity contribution is -0.132. The van der Waals surface area contributed by atoms with Crippen LogP contribution >= 0.6 is 0 Å².